The first-order valence-electron chi connectivity index (χ1n) is 8.71. The molecule has 1 N–H and O–H groups in total. The molecule has 0 radical (unpaired) electrons. The largest absolute Gasteiger partial charge is 0.496 e. The van der Waals surface area contributed by atoms with Crippen LogP contribution in [-0.4, -0.2) is 49.1 Å². The van der Waals surface area contributed by atoms with Gasteiger partial charge < -0.3 is 4.74 Å². The Balaban J connectivity index is 1.84. The van der Waals surface area contributed by atoms with Crippen molar-refractivity contribution in [2.45, 2.75) is 28.0 Å². The minimum absolute atomic E-state index is 0.00763. The lowest BCUT2D eigenvalue weighted by molar-refractivity contribution is 0.409. The van der Waals surface area contributed by atoms with Crippen molar-refractivity contribution >= 4 is 29.7 Å². The Morgan fingerprint density at radius 3 is 2.38 bits per heavy atom. The van der Waals surface area contributed by atoms with E-state index in [2.05, 4.69) is 4.72 Å². The summed E-state index contributed by atoms with van der Waals surface area (Å²) in [7, 11) is -9.88. The Morgan fingerprint density at radius 2 is 1.72 bits per heavy atom. The second-order valence-electron chi connectivity index (χ2n) is 6.68. The minimum Gasteiger partial charge on any atom is -0.496 e. The molecular weight excluding hydrogens is 438 g/mol. The van der Waals surface area contributed by atoms with Gasteiger partial charge in [-0.05, 0) is 30.7 Å². The van der Waals surface area contributed by atoms with Crippen molar-refractivity contribution in [3.05, 3.63) is 54.1 Å². The summed E-state index contributed by atoms with van der Waals surface area (Å²) >= 11 is 0. The molecule has 11 heteroatoms. The molecule has 0 spiro atoms. The number of benzene rings is 2. The molecule has 0 aromatic heterocycles. The van der Waals surface area contributed by atoms with Crippen LogP contribution in [0.5, 0.6) is 5.75 Å². The SMILES string of the molecule is COc1ccccc1CNS(=O)(=O)c1cccc(S(=O)(=O)C2CCS(=O)(=O)C2)c1. The van der Waals surface area contributed by atoms with Crippen molar-refractivity contribution in [2.24, 2.45) is 0 Å². The van der Waals surface area contributed by atoms with Crippen LogP contribution in [0.25, 0.3) is 0 Å². The first kappa shape index (κ1) is 21.8. The number of hydrogen-bond donors (Lipinski definition) is 1. The summed E-state index contributed by atoms with van der Waals surface area (Å²) in [6.07, 6.45) is 0.00763. The van der Waals surface area contributed by atoms with Crippen LogP contribution in [0.15, 0.2) is 58.3 Å². The average molecular weight is 460 g/mol. The van der Waals surface area contributed by atoms with Crippen molar-refractivity contribution in [1.82, 2.24) is 4.72 Å². The third-order valence-electron chi connectivity index (χ3n) is 4.72. The summed E-state index contributed by atoms with van der Waals surface area (Å²) in [5.74, 6) is -0.109. The quantitative estimate of drug-likeness (QED) is 0.658. The van der Waals surface area contributed by atoms with Gasteiger partial charge in [0.2, 0.25) is 10.0 Å². The van der Waals surface area contributed by atoms with Gasteiger partial charge in [-0.2, -0.15) is 0 Å². The van der Waals surface area contributed by atoms with Crippen LogP contribution >= 0.6 is 0 Å². The van der Waals surface area contributed by atoms with E-state index in [4.69, 9.17) is 4.74 Å². The number of hydrogen-bond acceptors (Lipinski definition) is 7. The van der Waals surface area contributed by atoms with Crippen molar-refractivity contribution in [3.8, 4) is 5.75 Å². The van der Waals surface area contributed by atoms with Crippen LogP contribution < -0.4 is 9.46 Å². The molecule has 1 aliphatic heterocycles. The van der Waals surface area contributed by atoms with Gasteiger partial charge in [-0.25, -0.2) is 30.0 Å². The molecule has 8 nitrogen and oxygen atoms in total. The van der Waals surface area contributed by atoms with Crippen molar-refractivity contribution in [1.29, 1.82) is 0 Å². The van der Waals surface area contributed by atoms with E-state index in [1.807, 2.05) is 0 Å². The number of ether oxygens (including phenoxy) is 1. The van der Waals surface area contributed by atoms with E-state index < -0.39 is 40.7 Å². The number of nitrogens with one attached hydrogen (secondary N) is 1. The summed E-state index contributed by atoms with van der Waals surface area (Å²) in [6, 6.07) is 11.9. The molecule has 1 heterocycles. The lowest BCUT2D eigenvalue weighted by Crippen LogP contribution is -2.25. The Morgan fingerprint density at radius 1 is 1.03 bits per heavy atom. The van der Waals surface area contributed by atoms with E-state index in [9.17, 15) is 25.3 Å². The fourth-order valence-corrected chi connectivity index (χ4v) is 8.65. The van der Waals surface area contributed by atoms with Gasteiger partial charge >= 0.3 is 0 Å². The van der Waals surface area contributed by atoms with E-state index in [1.165, 1.54) is 25.3 Å². The van der Waals surface area contributed by atoms with E-state index >= 15 is 0 Å². The second kappa shape index (κ2) is 8.05. The zero-order valence-corrected chi connectivity index (χ0v) is 18.1. The van der Waals surface area contributed by atoms with Crippen molar-refractivity contribution in [3.63, 3.8) is 0 Å². The van der Waals surface area contributed by atoms with E-state index in [1.54, 1.807) is 24.3 Å². The molecule has 0 bridgehead atoms. The third kappa shape index (κ3) is 4.80. The standard InChI is InChI=1S/C18H21NO7S3/c1-26-18-8-3-2-5-14(18)12-19-29(24,25)16-7-4-6-15(11-16)28(22,23)17-9-10-27(20,21)13-17/h2-8,11,17,19H,9-10,12-13H2,1H3. The molecule has 1 saturated heterocycles. The van der Waals surface area contributed by atoms with Crippen LogP contribution in [0.4, 0.5) is 0 Å². The van der Waals surface area contributed by atoms with Gasteiger partial charge in [0.1, 0.15) is 5.75 Å². The monoisotopic (exact) mass is 459 g/mol. The average Bonchev–Trinajstić information content (AvgIpc) is 3.07. The smallest absolute Gasteiger partial charge is 0.240 e. The van der Waals surface area contributed by atoms with Crippen molar-refractivity contribution in [2.75, 3.05) is 18.6 Å². The van der Waals surface area contributed by atoms with Gasteiger partial charge in [0.25, 0.3) is 0 Å². The molecule has 158 valence electrons. The van der Waals surface area contributed by atoms with Crippen LogP contribution in [0.2, 0.25) is 0 Å². The number of para-hydroxylation sites is 1. The fraction of sp³-hybridized carbons (Fsp3) is 0.333. The number of rotatable bonds is 7. The molecular formula is C18H21NO7S3. The summed E-state index contributed by atoms with van der Waals surface area (Å²) in [5.41, 5.74) is 0.624. The summed E-state index contributed by atoms with van der Waals surface area (Å²) in [5, 5.41) is -1.06. The third-order valence-corrected chi connectivity index (χ3v) is 10.3. The van der Waals surface area contributed by atoms with Gasteiger partial charge in [0.15, 0.2) is 19.7 Å². The number of methoxy groups -OCH3 is 1. The second-order valence-corrected chi connectivity index (χ2v) is 12.9. The molecule has 1 atom stereocenters. The van der Waals surface area contributed by atoms with Gasteiger partial charge in [0, 0.05) is 12.1 Å². The zero-order chi connectivity index (χ0) is 21.3. The first-order chi connectivity index (χ1) is 13.5. The van der Waals surface area contributed by atoms with Gasteiger partial charge in [-0.1, -0.05) is 24.3 Å². The van der Waals surface area contributed by atoms with Gasteiger partial charge in [0.05, 0.1) is 33.7 Å². The lowest BCUT2D eigenvalue weighted by Gasteiger charge is -2.13. The summed E-state index contributed by atoms with van der Waals surface area (Å²) in [4.78, 5) is -0.422. The minimum atomic E-state index is -4.00. The first-order valence-corrected chi connectivity index (χ1v) is 13.6. The molecule has 1 fully saturated rings. The van der Waals surface area contributed by atoms with Gasteiger partial charge in [-0.3, -0.25) is 0 Å². The van der Waals surface area contributed by atoms with Crippen LogP contribution in [0, 0.1) is 0 Å². The molecule has 1 unspecified atom stereocenters. The topological polar surface area (TPSA) is 124 Å². The number of sulfonamides is 1. The van der Waals surface area contributed by atoms with Crippen molar-refractivity contribution < 1.29 is 30.0 Å². The fourth-order valence-electron chi connectivity index (χ4n) is 3.12. The highest BCUT2D eigenvalue weighted by Crippen LogP contribution is 2.27. The van der Waals surface area contributed by atoms with E-state index in [-0.39, 0.29) is 28.5 Å². The highest BCUT2D eigenvalue weighted by molar-refractivity contribution is 7.96. The molecule has 0 saturated carbocycles. The molecule has 1 aliphatic rings. The normalized spacial score (nSPS) is 19.1. The van der Waals surface area contributed by atoms with Crippen LogP contribution in [-0.2, 0) is 36.2 Å². The Kier molecular flexibility index (Phi) is 6.04. The zero-order valence-electron chi connectivity index (χ0n) is 15.6. The Bertz CT molecular complexity index is 1220. The Hall–Kier alpha value is -1.95. The summed E-state index contributed by atoms with van der Waals surface area (Å²) < 4.78 is 81.8. The number of sulfone groups is 2. The Labute approximate surface area is 170 Å². The summed E-state index contributed by atoms with van der Waals surface area (Å²) in [6.45, 7) is -0.0375. The van der Waals surface area contributed by atoms with Gasteiger partial charge in [-0.15, -0.1) is 0 Å². The maximum absolute atomic E-state index is 12.8. The lowest BCUT2D eigenvalue weighted by atomic mass is 10.2. The highest BCUT2D eigenvalue weighted by Gasteiger charge is 2.38. The predicted molar refractivity (Wildman–Crippen MR) is 108 cm³/mol. The predicted octanol–water partition coefficient (Wildman–Crippen LogP) is 1.13. The molecule has 0 aliphatic carbocycles. The maximum atomic E-state index is 12.8. The van der Waals surface area contributed by atoms with Crippen LogP contribution in [0.1, 0.15) is 12.0 Å². The van der Waals surface area contributed by atoms with E-state index in [0.29, 0.717) is 11.3 Å². The molecule has 29 heavy (non-hydrogen) atoms. The molecule has 0 amide bonds. The van der Waals surface area contributed by atoms with E-state index in [0.717, 1.165) is 6.07 Å². The maximum Gasteiger partial charge on any atom is 0.240 e. The highest BCUT2D eigenvalue weighted by atomic mass is 32.2. The van der Waals surface area contributed by atoms with Crippen LogP contribution in [0.3, 0.4) is 0 Å². The molecule has 3 rings (SSSR count). The molecule has 2 aromatic rings. The molecule has 2 aromatic carbocycles.